The average molecular weight is 384 g/mol. The summed E-state index contributed by atoms with van der Waals surface area (Å²) in [6.07, 6.45) is 0.770. The van der Waals surface area contributed by atoms with Gasteiger partial charge >= 0.3 is 6.03 Å². The molecular weight excluding hydrogens is 364 g/mol. The second kappa shape index (κ2) is 9.00. The largest absolute Gasteiger partial charge is 0.378 e. The monoisotopic (exact) mass is 384 g/mol. The van der Waals surface area contributed by atoms with E-state index in [1.165, 1.54) is 21.7 Å². The third-order valence-electron chi connectivity index (χ3n) is 4.07. The molecule has 3 N–H and O–H groups in total. The number of amides is 2. The van der Waals surface area contributed by atoms with E-state index in [0.717, 1.165) is 6.42 Å². The molecule has 3 rings (SSSR count). The number of nitrogens with one attached hydrogen (secondary N) is 3. The van der Waals surface area contributed by atoms with E-state index in [1.807, 2.05) is 12.1 Å². The second-order valence-corrected chi connectivity index (χ2v) is 6.80. The van der Waals surface area contributed by atoms with Crippen molar-refractivity contribution in [1.82, 2.24) is 10.6 Å². The molecule has 0 saturated carbocycles. The number of nitro groups is 1. The van der Waals surface area contributed by atoms with Gasteiger partial charge in [0.15, 0.2) is 0 Å². The van der Waals surface area contributed by atoms with E-state index in [4.69, 9.17) is 0 Å². The van der Waals surface area contributed by atoms with Gasteiger partial charge in [-0.15, -0.1) is 11.3 Å². The number of hydrogen-bond acceptors (Lipinski definition) is 5. The Morgan fingerprint density at radius 2 is 1.74 bits per heavy atom. The summed E-state index contributed by atoms with van der Waals surface area (Å²) in [5.74, 6) is 0. The summed E-state index contributed by atoms with van der Waals surface area (Å²) in [6.45, 7) is 1.30. The van der Waals surface area contributed by atoms with Crippen molar-refractivity contribution in [3.8, 4) is 0 Å². The summed E-state index contributed by atoms with van der Waals surface area (Å²) in [6, 6.07) is 14.4. The molecule has 0 aliphatic carbocycles. The van der Waals surface area contributed by atoms with Gasteiger partial charge in [0.25, 0.3) is 5.69 Å². The molecule has 2 aromatic carbocycles. The molecule has 3 aromatic rings. The van der Waals surface area contributed by atoms with Crippen LogP contribution < -0.4 is 16.0 Å². The van der Waals surface area contributed by atoms with Gasteiger partial charge in [0.2, 0.25) is 0 Å². The molecular formula is C19H20N4O3S. The molecule has 0 unspecified atom stereocenters. The van der Waals surface area contributed by atoms with Crippen molar-refractivity contribution >= 4 is 38.8 Å². The zero-order valence-corrected chi connectivity index (χ0v) is 15.4. The first kappa shape index (κ1) is 18.7. The van der Waals surface area contributed by atoms with Crippen molar-refractivity contribution in [2.24, 2.45) is 0 Å². The number of fused-ring (bicyclic) bond motifs is 1. The van der Waals surface area contributed by atoms with Crippen LogP contribution in [0.2, 0.25) is 0 Å². The quantitative estimate of drug-likeness (QED) is 0.313. The molecule has 1 aromatic heterocycles. The molecule has 0 bridgehead atoms. The predicted octanol–water partition coefficient (Wildman–Crippen LogP) is 3.76. The molecule has 0 aliphatic heterocycles. The second-order valence-electron chi connectivity index (χ2n) is 5.89. The lowest BCUT2D eigenvalue weighted by molar-refractivity contribution is -0.384. The Bertz CT molecular complexity index is 941. The minimum atomic E-state index is -0.434. The van der Waals surface area contributed by atoms with Crippen molar-refractivity contribution < 1.29 is 9.72 Å². The number of carbonyl (C=O) groups excluding carboxylic acids is 1. The number of hydrogen-bond donors (Lipinski definition) is 3. The van der Waals surface area contributed by atoms with Crippen LogP contribution in [0.5, 0.6) is 0 Å². The fraction of sp³-hybridized carbons (Fsp3) is 0.211. The normalized spacial score (nSPS) is 10.5. The molecule has 0 spiro atoms. The lowest BCUT2D eigenvalue weighted by Crippen LogP contribution is -2.38. The van der Waals surface area contributed by atoms with Crippen LogP contribution in [0.3, 0.4) is 0 Å². The average Bonchev–Trinajstić information content (AvgIpc) is 3.09. The minimum absolute atomic E-state index is 0.0185. The maximum Gasteiger partial charge on any atom is 0.314 e. The van der Waals surface area contributed by atoms with Gasteiger partial charge in [0.05, 0.1) is 4.92 Å². The number of para-hydroxylation sites is 2. The van der Waals surface area contributed by atoms with E-state index >= 15 is 0 Å². The van der Waals surface area contributed by atoms with E-state index in [-0.39, 0.29) is 11.7 Å². The maximum absolute atomic E-state index is 11.9. The number of thiophene rings is 1. The number of nitrogens with zero attached hydrogens (tertiary/aromatic N) is 1. The molecule has 0 radical (unpaired) electrons. The number of rotatable bonds is 8. The molecule has 7 nitrogen and oxygen atoms in total. The zero-order valence-electron chi connectivity index (χ0n) is 14.6. The third-order valence-corrected chi connectivity index (χ3v) is 5.08. The topological polar surface area (TPSA) is 96.3 Å². The smallest absolute Gasteiger partial charge is 0.314 e. The lowest BCUT2D eigenvalue weighted by Gasteiger charge is -2.09. The van der Waals surface area contributed by atoms with Crippen LogP contribution in [0.4, 0.5) is 16.2 Å². The highest BCUT2D eigenvalue weighted by Gasteiger charge is 2.11. The van der Waals surface area contributed by atoms with Crippen molar-refractivity contribution in [2.45, 2.75) is 6.42 Å². The van der Waals surface area contributed by atoms with Gasteiger partial charge in [0.1, 0.15) is 5.69 Å². The molecule has 2 amide bonds. The molecule has 140 valence electrons. The van der Waals surface area contributed by atoms with Gasteiger partial charge in [-0.25, -0.2) is 4.79 Å². The SMILES string of the molecule is O=C(NCCNc1ccccc1[N+](=O)[O-])NCCc1csc2ccccc12. The summed E-state index contributed by atoms with van der Waals surface area (Å²) in [4.78, 5) is 22.4. The van der Waals surface area contributed by atoms with Crippen LogP contribution in [0.1, 0.15) is 5.56 Å². The molecule has 1 heterocycles. The molecule has 8 heteroatoms. The zero-order chi connectivity index (χ0) is 19.1. The van der Waals surface area contributed by atoms with Crippen LogP contribution in [-0.2, 0) is 6.42 Å². The Kier molecular flexibility index (Phi) is 6.22. The first-order valence-electron chi connectivity index (χ1n) is 8.59. The number of nitro benzene ring substituents is 1. The van der Waals surface area contributed by atoms with E-state index in [9.17, 15) is 14.9 Å². The standard InChI is InChI=1S/C19H20N4O3S/c24-19(21-10-9-14-13-27-18-8-4-1-5-15(14)18)22-12-11-20-16-6-2-3-7-17(16)23(25)26/h1-8,13,20H,9-12H2,(H2,21,22,24). The third kappa shape index (κ3) is 4.95. The number of benzene rings is 2. The number of carbonyl (C=O) groups is 1. The summed E-state index contributed by atoms with van der Waals surface area (Å²) in [5, 5.41) is 22.8. The molecule has 0 fully saturated rings. The summed E-state index contributed by atoms with van der Waals surface area (Å²) in [5.41, 5.74) is 1.69. The predicted molar refractivity (Wildman–Crippen MR) is 109 cm³/mol. The van der Waals surface area contributed by atoms with Crippen molar-refractivity contribution in [3.05, 3.63) is 69.6 Å². The highest BCUT2D eigenvalue weighted by molar-refractivity contribution is 7.17. The van der Waals surface area contributed by atoms with Crippen LogP contribution in [0.25, 0.3) is 10.1 Å². The van der Waals surface area contributed by atoms with E-state index in [1.54, 1.807) is 29.5 Å². The van der Waals surface area contributed by atoms with Gasteiger partial charge in [-0.2, -0.15) is 0 Å². The summed E-state index contributed by atoms with van der Waals surface area (Å²) < 4.78 is 1.25. The van der Waals surface area contributed by atoms with Crippen molar-refractivity contribution in [1.29, 1.82) is 0 Å². The Labute approximate surface area is 160 Å². The fourth-order valence-electron chi connectivity index (χ4n) is 2.76. The number of urea groups is 1. The Balaban J connectivity index is 1.37. The molecule has 0 saturated heterocycles. The fourth-order valence-corrected chi connectivity index (χ4v) is 3.75. The van der Waals surface area contributed by atoms with E-state index < -0.39 is 4.92 Å². The Morgan fingerprint density at radius 3 is 2.59 bits per heavy atom. The van der Waals surface area contributed by atoms with Gasteiger partial charge < -0.3 is 16.0 Å². The van der Waals surface area contributed by atoms with Crippen LogP contribution in [0.15, 0.2) is 53.9 Å². The lowest BCUT2D eigenvalue weighted by atomic mass is 10.1. The van der Waals surface area contributed by atoms with Gasteiger partial charge in [-0.3, -0.25) is 10.1 Å². The Hall–Kier alpha value is -3.13. The van der Waals surface area contributed by atoms with E-state index in [0.29, 0.717) is 25.3 Å². The highest BCUT2D eigenvalue weighted by atomic mass is 32.1. The van der Waals surface area contributed by atoms with Gasteiger partial charge in [-0.05, 0) is 34.9 Å². The van der Waals surface area contributed by atoms with Crippen LogP contribution in [0, 0.1) is 10.1 Å². The maximum atomic E-state index is 11.9. The molecule has 27 heavy (non-hydrogen) atoms. The number of anilines is 1. The first-order chi connectivity index (χ1) is 13.1. The highest BCUT2D eigenvalue weighted by Crippen LogP contribution is 2.25. The van der Waals surface area contributed by atoms with Crippen molar-refractivity contribution in [2.75, 3.05) is 25.0 Å². The van der Waals surface area contributed by atoms with Crippen LogP contribution in [-0.4, -0.2) is 30.6 Å². The van der Waals surface area contributed by atoms with E-state index in [2.05, 4.69) is 33.5 Å². The van der Waals surface area contributed by atoms with Gasteiger partial charge in [0, 0.05) is 30.4 Å². The van der Waals surface area contributed by atoms with Crippen LogP contribution >= 0.6 is 11.3 Å². The molecule has 0 atom stereocenters. The van der Waals surface area contributed by atoms with Crippen molar-refractivity contribution in [3.63, 3.8) is 0 Å². The molecule has 0 aliphatic rings. The summed E-state index contributed by atoms with van der Waals surface area (Å²) >= 11 is 1.71. The minimum Gasteiger partial charge on any atom is -0.378 e. The Morgan fingerprint density at radius 1 is 1.00 bits per heavy atom. The first-order valence-corrected chi connectivity index (χ1v) is 9.47. The van der Waals surface area contributed by atoms with Gasteiger partial charge in [-0.1, -0.05) is 30.3 Å². The summed E-state index contributed by atoms with van der Waals surface area (Å²) in [7, 11) is 0.